The van der Waals surface area contributed by atoms with E-state index >= 15 is 0 Å². The molecule has 0 amide bonds. The second-order valence-electron chi connectivity index (χ2n) is 6.73. The molecular weight excluding hydrogens is 406 g/mol. The summed E-state index contributed by atoms with van der Waals surface area (Å²) in [6.45, 7) is 8.79. The molecule has 0 aliphatic rings. The van der Waals surface area contributed by atoms with Crippen molar-refractivity contribution in [3.8, 4) is 0 Å². The monoisotopic (exact) mass is 446 g/mol. The molecule has 29 heavy (non-hydrogen) atoms. The summed E-state index contributed by atoms with van der Waals surface area (Å²) < 4.78 is 35.0. The van der Waals surface area contributed by atoms with Crippen molar-refractivity contribution in [2.45, 2.75) is 91.1 Å². The molecule has 7 nitrogen and oxygen atoms in total. The van der Waals surface area contributed by atoms with E-state index in [0.29, 0.717) is 19.3 Å². The van der Waals surface area contributed by atoms with Gasteiger partial charge in [-0.2, -0.15) is 0 Å². The van der Waals surface area contributed by atoms with E-state index in [2.05, 4.69) is 0 Å². The molecule has 0 heterocycles. The van der Waals surface area contributed by atoms with Crippen LogP contribution in [0.1, 0.15) is 85.5 Å². The van der Waals surface area contributed by atoms with Crippen LogP contribution >= 0.6 is 7.60 Å². The third-order valence-corrected chi connectivity index (χ3v) is 6.30. The molecule has 0 rings (SSSR count). The molecule has 1 atom stereocenters. The van der Waals surface area contributed by atoms with Crippen molar-refractivity contribution in [2.75, 3.05) is 26.4 Å². The summed E-state index contributed by atoms with van der Waals surface area (Å²) in [6, 6.07) is 0. The molecule has 0 fully saturated rings. The third-order valence-electron chi connectivity index (χ3n) is 4.06. The average molecular weight is 446 g/mol. The Kier molecular flexibility index (Phi) is 21.6. The zero-order valence-corrected chi connectivity index (χ0v) is 19.0. The number of carbonyl (C=O) groups is 2. The number of esters is 2. The molecule has 0 aromatic carbocycles. The van der Waals surface area contributed by atoms with Gasteiger partial charge in [-0.1, -0.05) is 53.4 Å². The topological polar surface area (TPSA) is 88.1 Å². The normalized spacial score (nSPS) is 12.1. The summed E-state index contributed by atoms with van der Waals surface area (Å²) in [5.74, 6) is -1.32. The van der Waals surface area contributed by atoms with Crippen LogP contribution in [-0.2, 0) is 32.7 Å². The Morgan fingerprint density at radius 2 is 1.14 bits per heavy atom. The second kappa shape index (κ2) is 20.0. The van der Waals surface area contributed by atoms with Crippen molar-refractivity contribution in [1.82, 2.24) is 0 Å². The molecule has 0 radical (unpaired) electrons. The maximum atomic E-state index is 13.4. The van der Waals surface area contributed by atoms with Gasteiger partial charge in [-0.3, -0.25) is 14.2 Å². The van der Waals surface area contributed by atoms with Crippen molar-refractivity contribution >= 4 is 49.1 Å². The second-order valence-corrected chi connectivity index (χ2v) is 8.95. The first-order chi connectivity index (χ1) is 13.4. The van der Waals surface area contributed by atoms with E-state index in [-0.39, 0.29) is 62.4 Å². The Morgan fingerprint density at radius 1 is 0.724 bits per heavy atom. The van der Waals surface area contributed by atoms with Crippen LogP contribution in [0.3, 0.4) is 0 Å². The van der Waals surface area contributed by atoms with Crippen LogP contribution in [0.5, 0.6) is 0 Å². The fraction of sp³-hybridized carbons (Fsp3) is 0.900. The summed E-state index contributed by atoms with van der Waals surface area (Å²) in [6.07, 6.45) is 5.85. The molecule has 0 spiro atoms. The molecule has 0 aliphatic carbocycles. The number of hydrogen-bond donors (Lipinski definition) is 0. The van der Waals surface area contributed by atoms with Crippen molar-refractivity contribution in [1.29, 1.82) is 0 Å². The first-order valence-corrected chi connectivity index (χ1v) is 12.3. The Hall–Kier alpha value is 0.0900. The Balaban J connectivity index is 0. The summed E-state index contributed by atoms with van der Waals surface area (Å²) in [7, 11) is -3.86. The van der Waals surface area contributed by atoms with Crippen LogP contribution in [0.2, 0.25) is 0 Å². The summed E-state index contributed by atoms with van der Waals surface area (Å²) in [5, 5.41) is 0. The van der Waals surface area contributed by atoms with Gasteiger partial charge in [0.1, 0.15) is 0 Å². The number of rotatable bonds is 18. The molecule has 0 aromatic heterocycles. The van der Waals surface area contributed by atoms with Crippen LogP contribution in [0.15, 0.2) is 0 Å². The molecule has 0 saturated heterocycles. The van der Waals surface area contributed by atoms with Gasteiger partial charge in [-0.25, -0.2) is 0 Å². The van der Waals surface area contributed by atoms with Crippen LogP contribution in [-0.4, -0.2) is 73.6 Å². The average Bonchev–Trinajstić information content (AvgIpc) is 2.67. The standard InChI is InChI=1S/C20H39O7P.Na.H/c1-5-9-13-24-19(21)17-18(20(22)25-14-10-6-2)28(23,26-15-11-7-3)27-16-12-8-4;;/h18H,5-17H2,1-4H3;;. The molecule has 0 aromatic rings. The molecule has 9 heteroatoms. The minimum atomic E-state index is -3.86. The van der Waals surface area contributed by atoms with Crippen LogP contribution < -0.4 is 0 Å². The first kappa shape index (κ1) is 31.3. The van der Waals surface area contributed by atoms with Gasteiger partial charge in [-0.05, 0) is 25.7 Å². The van der Waals surface area contributed by atoms with Crippen LogP contribution in [0, 0.1) is 0 Å². The van der Waals surface area contributed by atoms with Gasteiger partial charge >= 0.3 is 49.1 Å². The van der Waals surface area contributed by atoms with Gasteiger partial charge in [0.2, 0.25) is 0 Å². The molecule has 1 unspecified atom stereocenters. The molecule has 168 valence electrons. The van der Waals surface area contributed by atoms with Gasteiger partial charge < -0.3 is 18.5 Å². The van der Waals surface area contributed by atoms with Gasteiger partial charge in [-0.15, -0.1) is 0 Å². The van der Waals surface area contributed by atoms with Crippen molar-refractivity contribution < 1.29 is 32.7 Å². The molecule has 0 aliphatic heterocycles. The van der Waals surface area contributed by atoms with Crippen LogP contribution in [0.4, 0.5) is 0 Å². The predicted molar refractivity (Wildman–Crippen MR) is 117 cm³/mol. The number of unbranched alkanes of at least 4 members (excludes halogenated alkanes) is 4. The molecule has 0 saturated carbocycles. The number of ether oxygens (including phenoxy) is 2. The SMILES string of the molecule is CCCCOC(=O)CC(C(=O)OCCCC)P(=O)(OCCCC)OCCCC.[NaH]. The minimum absolute atomic E-state index is 0. The van der Waals surface area contributed by atoms with Gasteiger partial charge in [0, 0.05) is 0 Å². The van der Waals surface area contributed by atoms with Crippen molar-refractivity contribution in [3.05, 3.63) is 0 Å². The zero-order valence-electron chi connectivity index (χ0n) is 18.1. The van der Waals surface area contributed by atoms with Gasteiger partial charge in [0.15, 0.2) is 5.66 Å². The summed E-state index contributed by atoms with van der Waals surface area (Å²) in [5.41, 5.74) is -1.30. The third kappa shape index (κ3) is 14.7. The Labute approximate surface area is 198 Å². The molecule has 0 N–H and O–H groups in total. The van der Waals surface area contributed by atoms with E-state index in [9.17, 15) is 14.2 Å². The summed E-state index contributed by atoms with van der Waals surface area (Å²) >= 11 is 0. The van der Waals surface area contributed by atoms with E-state index in [0.717, 1.165) is 32.1 Å². The quantitative estimate of drug-likeness (QED) is 0.131. The fourth-order valence-electron chi connectivity index (χ4n) is 2.17. The zero-order chi connectivity index (χ0) is 21.3. The number of carbonyl (C=O) groups excluding carboxylic acids is 2. The number of hydrogen-bond acceptors (Lipinski definition) is 7. The van der Waals surface area contributed by atoms with E-state index in [1.165, 1.54) is 0 Å². The van der Waals surface area contributed by atoms with Crippen molar-refractivity contribution in [3.63, 3.8) is 0 Å². The van der Waals surface area contributed by atoms with E-state index in [1.54, 1.807) is 0 Å². The van der Waals surface area contributed by atoms with E-state index in [4.69, 9.17) is 18.5 Å². The summed E-state index contributed by atoms with van der Waals surface area (Å²) in [4.78, 5) is 24.8. The van der Waals surface area contributed by atoms with Gasteiger partial charge in [0.25, 0.3) is 0 Å². The first-order valence-electron chi connectivity index (χ1n) is 10.7. The molecular formula is C20H40NaO7P. The maximum absolute atomic E-state index is 13.4. The van der Waals surface area contributed by atoms with E-state index < -0.39 is 25.2 Å². The molecule has 0 bridgehead atoms. The fourth-order valence-corrected chi connectivity index (χ4v) is 4.08. The van der Waals surface area contributed by atoms with Crippen LogP contribution in [0.25, 0.3) is 0 Å². The van der Waals surface area contributed by atoms with Crippen molar-refractivity contribution in [2.24, 2.45) is 0 Å². The Bertz CT molecular complexity index is 460. The van der Waals surface area contributed by atoms with E-state index in [1.807, 2.05) is 27.7 Å². The van der Waals surface area contributed by atoms with Gasteiger partial charge in [0.05, 0.1) is 32.8 Å². The predicted octanol–water partition coefficient (Wildman–Crippen LogP) is 4.61. The Morgan fingerprint density at radius 3 is 1.59 bits per heavy atom.